The number of carbonyl (C=O) groups excluding carboxylic acids is 5. The Hall–Kier alpha value is -4.17. The van der Waals surface area contributed by atoms with Crippen LogP contribution in [0.1, 0.15) is 101 Å². The number of hydrogen-bond donors (Lipinski definition) is 4. The molecule has 1 aromatic carbocycles. The minimum absolute atomic E-state index is 0.147. The molecular weight excluding hydrogens is 639 g/mol. The average molecular weight is 680 g/mol. The number of thiazole rings is 2. The predicted octanol–water partition coefficient (Wildman–Crippen LogP) is 3.54. The smallest absolute Gasteiger partial charge is 0.271 e. The molecule has 47 heavy (non-hydrogen) atoms. The minimum atomic E-state index is -0.580. The minimum Gasteiger partial charge on any atom is -0.351 e. The Morgan fingerprint density at radius 3 is 2.19 bits per heavy atom. The fourth-order valence-electron chi connectivity index (χ4n) is 5.69. The SMILES string of the molecule is CC(C)C[C@@H]1NC(=O)CCCN(C(=O)[C@@H]2CCC(=O)N2)CCCNC(=O)c2csc(n2)[C@H](Cc2ccccc2)NC(=O)c2csc1n2. The molecule has 0 radical (unpaired) electrons. The average Bonchev–Trinajstić information content (AvgIpc) is 3.82. The van der Waals surface area contributed by atoms with Gasteiger partial charge in [-0.05, 0) is 43.6 Å². The van der Waals surface area contributed by atoms with E-state index in [2.05, 4.69) is 45.1 Å². The van der Waals surface area contributed by atoms with Crippen molar-refractivity contribution >= 4 is 52.2 Å². The molecule has 14 heteroatoms. The van der Waals surface area contributed by atoms with Gasteiger partial charge in [0.05, 0.1) is 12.1 Å². The first-order valence-corrected chi connectivity index (χ1v) is 17.8. The van der Waals surface area contributed by atoms with Gasteiger partial charge in [-0.15, -0.1) is 22.7 Å². The molecule has 5 rings (SSSR count). The molecule has 3 aromatic rings. The van der Waals surface area contributed by atoms with Crippen molar-refractivity contribution in [3.05, 3.63) is 68.1 Å². The summed E-state index contributed by atoms with van der Waals surface area (Å²) in [5.41, 5.74) is 1.50. The van der Waals surface area contributed by atoms with Crippen LogP contribution in [0.4, 0.5) is 0 Å². The van der Waals surface area contributed by atoms with E-state index in [0.29, 0.717) is 68.2 Å². The third-order valence-corrected chi connectivity index (χ3v) is 9.98. The van der Waals surface area contributed by atoms with Gasteiger partial charge in [-0.2, -0.15) is 0 Å². The van der Waals surface area contributed by atoms with Gasteiger partial charge in [0.1, 0.15) is 27.4 Å². The molecule has 4 bridgehead atoms. The van der Waals surface area contributed by atoms with Crippen LogP contribution >= 0.6 is 22.7 Å². The summed E-state index contributed by atoms with van der Waals surface area (Å²) in [5, 5.41) is 16.4. The Balaban J connectivity index is 1.39. The molecule has 2 aliphatic rings. The van der Waals surface area contributed by atoms with Crippen LogP contribution in [-0.4, -0.2) is 70.1 Å². The summed E-state index contributed by atoms with van der Waals surface area (Å²) in [7, 11) is 0. The highest BCUT2D eigenvalue weighted by Gasteiger charge is 2.31. The number of carbonyl (C=O) groups is 5. The standard InChI is InChI=1S/C33H41N7O5S2/c1-20(2)16-23-31-39-26(19-47-31)30(44)37-24(17-21-8-4-3-5-9-21)32-38-25(18-46-32)29(43)34-13-7-15-40(14-6-10-27(41)36-23)33(45)22-11-12-28(42)35-22/h3-5,8-9,18-20,22-24H,6-7,10-17H2,1-2H3,(H,34,43)(H,35,42)(H,36,41)(H,37,44)/t22-,23-,24-/m0/s1. The highest BCUT2D eigenvalue weighted by molar-refractivity contribution is 7.10. The van der Waals surface area contributed by atoms with Gasteiger partial charge < -0.3 is 26.2 Å². The second-order valence-electron chi connectivity index (χ2n) is 12.3. The van der Waals surface area contributed by atoms with E-state index in [1.165, 1.54) is 22.7 Å². The normalized spacial score (nSPS) is 21.8. The number of amides is 5. The number of nitrogens with one attached hydrogen (secondary N) is 4. The summed E-state index contributed by atoms with van der Waals surface area (Å²) in [4.78, 5) is 75.7. The third-order valence-electron chi connectivity index (χ3n) is 8.06. The van der Waals surface area contributed by atoms with E-state index in [-0.39, 0.29) is 59.3 Å². The molecule has 5 amide bonds. The third kappa shape index (κ3) is 9.44. The molecule has 4 heterocycles. The first-order valence-electron chi connectivity index (χ1n) is 16.1. The molecule has 250 valence electrons. The number of rotatable bonds is 5. The predicted molar refractivity (Wildman–Crippen MR) is 179 cm³/mol. The molecule has 12 nitrogen and oxygen atoms in total. The Kier molecular flexibility index (Phi) is 11.7. The van der Waals surface area contributed by atoms with Gasteiger partial charge in [-0.3, -0.25) is 24.0 Å². The maximum Gasteiger partial charge on any atom is 0.271 e. The zero-order valence-electron chi connectivity index (χ0n) is 26.6. The van der Waals surface area contributed by atoms with E-state index in [0.717, 1.165) is 5.56 Å². The topological polar surface area (TPSA) is 162 Å². The van der Waals surface area contributed by atoms with Crippen molar-refractivity contribution in [2.24, 2.45) is 5.92 Å². The highest BCUT2D eigenvalue weighted by atomic mass is 32.1. The van der Waals surface area contributed by atoms with Gasteiger partial charge in [0, 0.05) is 43.2 Å². The Bertz CT molecular complexity index is 1570. The Morgan fingerprint density at radius 2 is 1.51 bits per heavy atom. The van der Waals surface area contributed by atoms with E-state index in [1.807, 2.05) is 30.3 Å². The lowest BCUT2D eigenvalue weighted by Gasteiger charge is -2.26. The van der Waals surface area contributed by atoms with Crippen LogP contribution in [-0.2, 0) is 20.8 Å². The van der Waals surface area contributed by atoms with Gasteiger partial charge in [-0.25, -0.2) is 9.97 Å². The molecule has 0 saturated carbocycles. The monoisotopic (exact) mass is 679 g/mol. The second kappa shape index (κ2) is 16.1. The number of fused-ring (bicyclic) bond motifs is 4. The molecule has 4 N–H and O–H groups in total. The maximum atomic E-state index is 13.5. The first-order chi connectivity index (χ1) is 22.7. The molecule has 3 atom stereocenters. The van der Waals surface area contributed by atoms with Crippen molar-refractivity contribution in [1.82, 2.24) is 36.1 Å². The van der Waals surface area contributed by atoms with Crippen molar-refractivity contribution in [3.8, 4) is 0 Å². The molecule has 1 saturated heterocycles. The van der Waals surface area contributed by atoms with Crippen LogP contribution in [0.25, 0.3) is 0 Å². The van der Waals surface area contributed by atoms with E-state index < -0.39 is 12.1 Å². The second-order valence-corrected chi connectivity index (χ2v) is 14.1. The van der Waals surface area contributed by atoms with E-state index in [9.17, 15) is 24.0 Å². The van der Waals surface area contributed by atoms with Crippen molar-refractivity contribution in [3.63, 3.8) is 0 Å². The Morgan fingerprint density at radius 1 is 0.851 bits per heavy atom. The largest absolute Gasteiger partial charge is 0.351 e. The molecule has 0 spiro atoms. The molecule has 1 fully saturated rings. The molecule has 2 aliphatic heterocycles. The maximum absolute atomic E-state index is 13.5. The fourth-order valence-corrected chi connectivity index (χ4v) is 7.40. The van der Waals surface area contributed by atoms with Gasteiger partial charge in [0.15, 0.2) is 0 Å². The molecule has 0 aliphatic carbocycles. The van der Waals surface area contributed by atoms with E-state index in [1.54, 1.807) is 15.7 Å². The summed E-state index contributed by atoms with van der Waals surface area (Å²) in [6, 6.07) is 8.29. The van der Waals surface area contributed by atoms with Crippen molar-refractivity contribution in [2.45, 2.75) is 76.9 Å². The van der Waals surface area contributed by atoms with Crippen LogP contribution in [0, 0.1) is 5.92 Å². The highest BCUT2D eigenvalue weighted by Crippen LogP contribution is 2.27. The first kappa shape index (κ1) is 34.2. The summed E-state index contributed by atoms with van der Waals surface area (Å²) in [5.74, 6) is -0.944. The quantitative estimate of drug-likeness (QED) is 0.321. The van der Waals surface area contributed by atoms with Crippen LogP contribution in [0.3, 0.4) is 0 Å². The van der Waals surface area contributed by atoms with E-state index in [4.69, 9.17) is 0 Å². The number of aromatic nitrogens is 2. The molecule has 2 aromatic heterocycles. The van der Waals surface area contributed by atoms with Crippen LogP contribution in [0.2, 0.25) is 0 Å². The summed E-state index contributed by atoms with van der Waals surface area (Å²) in [6.45, 7) is 5.13. The molecule has 0 unspecified atom stereocenters. The van der Waals surface area contributed by atoms with Crippen LogP contribution in [0.15, 0.2) is 41.1 Å². The Labute approximate surface area is 282 Å². The number of benzene rings is 1. The van der Waals surface area contributed by atoms with Crippen LogP contribution in [0.5, 0.6) is 0 Å². The lowest BCUT2D eigenvalue weighted by molar-refractivity contribution is -0.134. The van der Waals surface area contributed by atoms with Crippen LogP contribution < -0.4 is 21.3 Å². The number of hydrogen-bond acceptors (Lipinski definition) is 9. The zero-order valence-corrected chi connectivity index (χ0v) is 28.3. The summed E-state index contributed by atoms with van der Waals surface area (Å²) >= 11 is 2.63. The summed E-state index contributed by atoms with van der Waals surface area (Å²) in [6.07, 6.45) is 2.96. The molecular formula is C33H41N7O5S2. The van der Waals surface area contributed by atoms with Crippen molar-refractivity contribution in [1.29, 1.82) is 0 Å². The van der Waals surface area contributed by atoms with Crippen molar-refractivity contribution in [2.75, 3.05) is 19.6 Å². The number of nitrogens with zero attached hydrogens (tertiary/aromatic N) is 3. The fraction of sp³-hybridized carbons (Fsp3) is 0.485. The van der Waals surface area contributed by atoms with Gasteiger partial charge in [0.2, 0.25) is 17.7 Å². The summed E-state index contributed by atoms with van der Waals surface area (Å²) < 4.78 is 0. The lowest BCUT2D eigenvalue weighted by Crippen LogP contribution is -2.46. The van der Waals surface area contributed by atoms with Gasteiger partial charge >= 0.3 is 0 Å². The van der Waals surface area contributed by atoms with Gasteiger partial charge in [0.25, 0.3) is 11.8 Å². The lowest BCUT2D eigenvalue weighted by atomic mass is 10.0. The van der Waals surface area contributed by atoms with Gasteiger partial charge in [-0.1, -0.05) is 44.2 Å². The van der Waals surface area contributed by atoms with Crippen molar-refractivity contribution < 1.29 is 24.0 Å². The zero-order chi connectivity index (χ0) is 33.3. The van der Waals surface area contributed by atoms with E-state index >= 15 is 0 Å².